The number of aryl methyl sites for hydroxylation is 1. The molecule has 5 heteroatoms. The van der Waals surface area contributed by atoms with Crippen LogP contribution in [0.25, 0.3) is 0 Å². The summed E-state index contributed by atoms with van der Waals surface area (Å²) in [7, 11) is 0. The molecule has 1 amide bonds. The first-order valence-electron chi connectivity index (χ1n) is 6.79. The molecule has 0 radical (unpaired) electrons. The predicted molar refractivity (Wildman–Crippen MR) is 85.6 cm³/mol. The second-order valence-electron chi connectivity index (χ2n) is 5.28. The molecule has 108 valence electrons. The number of rotatable bonds is 3. The SMILES string of the molecule is Cc1cc(I)ccc1NC(=O)[C@@H]1CCCC[C@@H]1C(=O)O. The summed E-state index contributed by atoms with van der Waals surface area (Å²) in [5.74, 6) is -1.99. The van der Waals surface area contributed by atoms with Crippen LogP contribution in [-0.2, 0) is 9.59 Å². The third-order valence-corrected chi connectivity index (χ3v) is 4.54. The third kappa shape index (κ3) is 3.50. The number of carboxylic acids is 1. The van der Waals surface area contributed by atoms with Gasteiger partial charge in [0.15, 0.2) is 0 Å². The first kappa shape index (κ1) is 15.3. The van der Waals surface area contributed by atoms with E-state index in [1.807, 2.05) is 25.1 Å². The van der Waals surface area contributed by atoms with Crippen molar-refractivity contribution in [3.05, 3.63) is 27.3 Å². The fraction of sp³-hybridized carbons (Fsp3) is 0.467. The molecule has 0 spiro atoms. The highest BCUT2D eigenvalue weighted by Gasteiger charge is 2.35. The van der Waals surface area contributed by atoms with E-state index in [2.05, 4.69) is 27.9 Å². The van der Waals surface area contributed by atoms with Crippen LogP contribution in [0.3, 0.4) is 0 Å². The van der Waals surface area contributed by atoms with Crippen LogP contribution in [0, 0.1) is 22.3 Å². The lowest BCUT2D eigenvalue weighted by Crippen LogP contribution is -2.36. The summed E-state index contributed by atoms with van der Waals surface area (Å²) in [6.07, 6.45) is 3.07. The highest BCUT2D eigenvalue weighted by atomic mass is 127. The zero-order valence-electron chi connectivity index (χ0n) is 11.4. The Morgan fingerprint density at radius 1 is 1.25 bits per heavy atom. The molecule has 1 aromatic rings. The Balaban J connectivity index is 2.12. The number of nitrogens with one attached hydrogen (secondary N) is 1. The van der Waals surface area contributed by atoms with E-state index in [1.54, 1.807) is 0 Å². The van der Waals surface area contributed by atoms with Gasteiger partial charge in [-0.15, -0.1) is 0 Å². The highest BCUT2D eigenvalue weighted by molar-refractivity contribution is 14.1. The summed E-state index contributed by atoms with van der Waals surface area (Å²) in [6.45, 7) is 1.94. The Kier molecular flexibility index (Phi) is 5.01. The van der Waals surface area contributed by atoms with Crippen LogP contribution in [0.15, 0.2) is 18.2 Å². The molecule has 1 aromatic carbocycles. The Hall–Kier alpha value is -1.11. The third-order valence-electron chi connectivity index (χ3n) is 3.87. The van der Waals surface area contributed by atoms with Crippen molar-refractivity contribution in [1.29, 1.82) is 0 Å². The van der Waals surface area contributed by atoms with Gasteiger partial charge in [0, 0.05) is 9.26 Å². The van der Waals surface area contributed by atoms with E-state index >= 15 is 0 Å². The second-order valence-corrected chi connectivity index (χ2v) is 6.53. The normalized spacial score (nSPS) is 22.3. The Labute approximate surface area is 132 Å². The van der Waals surface area contributed by atoms with Gasteiger partial charge < -0.3 is 10.4 Å². The van der Waals surface area contributed by atoms with Crippen LogP contribution >= 0.6 is 22.6 Å². The number of hydrogen-bond acceptors (Lipinski definition) is 2. The molecule has 0 heterocycles. The van der Waals surface area contributed by atoms with Crippen molar-refractivity contribution in [3.8, 4) is 0 Å². The minimum Gasteiger partial charge on any atom is -0.481 e. The molecule has 0 bridgehead atoms. The number of amides is 1. The number of carbonyl (C=O) groups excluding carboxylic acids is 1. The van der Waals surface area contributed by atoms with Gasteiger partial charge in [-0.3, -0.25) is 9.59 Å². The van der Waals surface area contributed by atoms with Gasteiger partial charge in [0.1, 0.15) is 0 Å². The van der Waals surface area contributed by atoms with Crippen molar-refractivity contribution in [2.45, 2.75) is 32.6 Å². The Morgan fingerprint density at radius 3 is 2.50 bits per heavy atom. The fourth-order valence-corrected chi connectivity index (χ4v) is 3.38. The number of anilines is 1. The van der Waals surface area contributed by atoms with Crippen molar-refractivity contribution in [3.63, 3.8) is 0 Å². The molecule has 1 aliphatic rings. The van der Waals surface area contributed by atoms with Crippen LogP contribution < -0.4 is 5.32 Å². The summed E-state index contributed by atoms with van der Waals surface area (Å²) < 4.78 is 1.11. The molecule has 2 atom stereocenters. The van der Waals surface area contributed by atoms with E-state index in [-0.39, 0.29) is 5.91 Å². The number of aliphatic carboxylic acids is 1. The average Bonchev–Trinajstić information content (AvgIpc) is 2.41. The van der Waals surface area contributed by atoms with Crippen molar-refractivity contribution in [1.82, 2.24) is 0 Å². The van der Waals surface area contributed by atoms with Gasteiger partial charge in [-0.05, 0) is 66.1 Å². The second kappa shape index (κ2) is 6.56. The van der Waals surface area contributed by atoms with E-state index in [1.165, 1.54) is 0 Å². The van der Waals surface area contributed by atoms with Crippen LogP contribution in [-0.4, -0.2) is 17.0 Å². The van der Waals surface area contributed by atoms with Crippen LogP contribution in [0.4, 0.5) is 5.69 Å². The first-order chi connectivity index (χ1) is 9.49. The number of hydrogen-bond donors (Lipinski definition) is 2. The molecule has 0 aliphatic heterocycles. The van der Waals surface area contributed by atoms with Crippen LogP contribution in [0.2, 0.25) is 0 Å². The van der Waals surface area contributed by atoms with Crippen molar-refractivity contribution >= 4 is 40.2 Å². The number of halogens is 1. The van der Waals surface area contributed by atoms with Crippen molar-refractivity contribution in [2.75, 3.05) is 5.32 Å². The lowest BCUT2D eigenvalue weighted by atomic mass is 9.78. The molecule has 1 saturated carbocycles. The largest absolute Gasteiger partial charge is 0.481 e. The molecule has 1 fully saturated rings. The molecular weight excluding hydrogens is 369 g/mol. The Morgan fingerprint density at radius 2 is 1.90 bits per heavy atom. The maximum atomic E-state index is 12.3. The van der Waals surface area contributed by atoms with Crippen LogP contribution in [0.5, 0.6) is 0 Å². The summed E-state index contributed by atoms with van der Waals surface area (Å²) in [6, 6.07) is 5.79. The smallest absolute Gasteiger partial charge is 0.307 e. The molecule has 0 aromatic heterocycles. The van der Waals surface area contributed by atoms with Gasteiger partial charge in [-0.2, -0.15) is 0 Å². The average molecular weight is 387 g/mol. The van der Waals surface area contributed by atoms with E-state index in [0.29, 0.717) is 12.8 Å². The maximum Gasteiger partial charge on any atom is 0.307 e. The zero-order chi connectivity index (χ0) is 14.7. The summed E-state index contributed by atoms with van der Waals surface area (Å²) in [5.41, 5.74) is 1.76. The number of benzene rings is 1. The molecule has 0 unspecified atom stereocenters. The fourth-order valence-electron chi connectivity index (χ4n) is 2.73. The molecule has 20 heavy (non-hydrogen) atoms. The minimum absolute atomic E-state index is 0.165. The summed E-state index contributed by atoms with van der Waals surface area (Å²) >= 11 is 2.22. The standard InChI is InChI=1S/C15H18INO3/c1-9-8-10(16)6-7-13(9)17-14(18)11-4-2-3-5-12(11)15(19)20/h6-8,11-12H,2-5H2,1H3,(H,17,18)(H,19,20)/t11-,12+/m1/s1. The van der Waals surface area contributed by atoms with Crippen molar-refractivity contribution < 1.29 is 14.7 Å². The molecule has 4 nitrogen and oxygen atoms in total. The van der Waals surface area contributed by atoms with Gasteiger partial charge in [0.2, 0.25) is 5.91 Å². The minimum atomic E-state index is -0.857. The maximum absolute atomic E-state index is 12.3. The van der Waals surface area contributed by atoms with Gasteiger partial charge in [0.05, 0.1) is 11.8 Å². The molecule has 2 rings (SSSR count). The van der Waals surface area contributed by atoms with Gasteiger partial charge in [0.25, 0.3) is 0 Å². The van der Waals surface area contributed by atoms with Crippen molar-refractivity contribution in [2.24, 2.45) is 11.8 Å². The monoisotopic (exact) mass is 387 g/mol. The lowest BCUT2D eigenvalue weighted by molar-refractivity contribution is -0.147. The first-order valence-corrected chi connectivity index (χ1v) is 7.86. The predicted octanol–water partition coefficient (Wildman–Crippen LogP) is 3.43. The lowest BCUT2D eigenvalue weighted by Gasteiger charge is -2.27. The van der Waals surface area contributed by atoms with Gasteiger partial charge in [-0.1, -0.05) is 12.8 Å². The van der Waals surface area contributed by atoms with Crippen LogP contribution in [0.1, 0.15) is 31.2 Å². The van der Waals surface area contributed by atoms with E-state index < -0.39 is 17.8 Å². The highest BCUT2D eigenvalue weighted by Crippen LogP contribution is 2.31. The zero-order valence-corrected chi connectivity index (χ0v) is 13.5. The molecule has 0 saturated heterocycles. The van der Waals surface area contributed by atoms with Gasteiger partial charge >= 0.3 is 5.97 Å². The summed E-state index contributed by atoms with van der Waals surface area (Å²) in [4.78, 5) is 23.6. The van der Waals surface area contributed by atoms with E-state index in [9.17, 15) is 14.7 Å². The molecule has 2 N–H and O–H groups in total. The Bertz CT molecular complexity index is 530. The van der Waals surface area contributed by atoms with Gasteiger partial charge in [-0.25, -0.2) is 0 Å². The summed E-state index contributed by atoms with van der Waals surface area (Å²) in [5, 5.41) is 12.1. The molecular formula is C15H18INO3. The topological polar surface area (TPSA) is 66.4 Å². The van der Waals surface area contributed by atoms with E-state index in [4.69, 9.17) is 0 Å². The number of carbonyl (C=O) groups is 2. The number of carboxylic acid groups (broad SMARTS) is 1. The molecule has 1 aliphatic carbocycles. The quantitative estimate of drug-likeness (QED) is 0.782. The van der Waals surface area contributed by atoms with E-state index in [0.717, 1.165) is 27.7 Å².